The predicted molar refractivity (Wildman–Crippen MR) is 69.3 cm³/mol. The van der Waals surface area contributed by atoms with Crippen LogP contribution in [0.2, 0.25) is 0 Å². The minimum Gasteiger partial charge on any atom is -0.376 e. The molecule has 0 aromatic heterocycles. The Kier molecular flexibility index (Phi) is 4.95. The lowest BCUT2D eigenvalue weighted by atomic mass is 9.99. The molecule has 0 unspecified atom stereocenters. The van der Waals surface area contributed by atoms with Gasteiger partial charge in [0, 0.05) is 11.1 Å². The Labute approximate surface area is 110 Å². The highest BCUT2D eigenvalue weighted by Gasteiger charge is 2.12. The van der Waals surface area contributed by atoms with Gasteiger partial charge in [-0.05, 0) is 55.6 Å². The molecule has 1 aliphatic heterocycles. The second-order valence-electron chi connectivity index (χ2n) is 4.49. The van der Waals surface area contributed by atoms with E-state index in [0.717, 1.165) is 29.7 Å². The number of benzene rings is 1. The van der Waals surface area contributed by atoms with E-state index in [-0.39, 0.29) is 5.82 Å². The summed E-state index contributed by atoms with van der Waals surface area (Å²) in [5.41, 5.74) is 0.880. The highest BCUT2D eigenvalue weighted by atomic mass is 79.9. The fourth-order valence-corrected chi connectivity index (χ4v) is 2.60. The van der Waals surface area contributed by atoms with Crippen LogP contribution >= 0.6 is 15.9 Å². The summed E-state index contributed by atoms with van der Waals surface area (Å²) in [5, 5.41) is 3.33. The molecular weight excluding hydrogens is 285 g/mol. The average Bonchev–Trinajstić information content (AvgIpc) is 2.29. The van der Waals surface area contributed by atoms with E-state index >= 15 is 0 Å². The molecule has 0 radical (unpaired) electrons. The Morgan fingerprint density at radius 1 is 1.29 bits per heavy atom. The fourth-order valence-electron chi connectivity index (χ4n) is 2.09. The van der Waals surface area contributed by atoms with Gasteiger partial charge in [0.25, 0.3) is 0 Å². The van der Waals surface area contributed by atoms with Gasteiger partial charge in [0.15, 0.2) is 0 Å². The van der Waals surface area contributed by atoms with Crippen molar-refractivity contribution in [2.45, 2.75) is 19.4 Å². The van der Waals surface area contributed by atoms with Crippen LogP contribution in [-0.2, 0) is 11.3 Å². The number of hydrogen-bond donors (Lipinski definition) is 1. The number of ether oxygens (including phenoxy) is 1. The van der Waals surface area contributed by atoms with E-state index < -0.39 is 0 Å². The van der Waals surface area contributed by atoms with Gasteiger partial charge in [-0.2, -0.15) is 0 Å². The van der Waals surface area contributed by atoms with Crippen LogP contribution in [0.5, 0.6) is 0 Å². The van der Waals surface area contributed by atoms with E-state index in [1.165, 1.54) is 25.0 Å². The summed E-state index contributed by atoms with van der Waals surface area (Å²) in [4.78, 5) is 0. The summed E-state index contributed by atoms with van der Waals surface area (Å²) in [7, 11) is 0. The third-order valence-corrected chi connectivity index (χ3v) is 3.46. The molecule has 1 fully saturated rings. The van der Waals surface area contributed by atoms with Crippen LogP contribution in [0.1, 0.15) is 18.4 Å². The van der Waals surface area contributed by atoms with Gasteiger partial charge in [-0.25, -0.2) is 4.39 Å². The monoisotopic (exact) mass is 301 g/mol. The summed E-state index contributed by atoms with van der Waals surface area (Å²) in [5.74, 6) is 0.424. The van der Waals surface area contributed by atoms with Gasteiger partial charge in [0.05, 0.1) is 6.61 Å². The van der Waals surface area contributed by atoms with Gasteiger partial charge < -0.3 is 10.1 Å². The van der Waals surface area contributed by atoms with Gasteiger partial charge in [0.2, 0.25) is 0 Å². The lowest BCUT2D eigenvalue weighted by Gasteiger charge is -2.22. The first-order chi connectivity index (χ1) is 8.24. The predicted octanol–water partition coefficient (Wildman–Crippen LogP) is 3.10. The van der Waals surface area contributed by atoms with Crippen molar-refractivity contribution in [3.8, 4) is 0 Å². The largest absolute Gasteiger partial charge is 0.376 e. The standard InChI is InChI=1S/C13H17BrFNO/c14-12-5-11(6-13(15)7-12)9-17-8-10-1-3-16-4-2-10/h5-7,10,16H,1-4,8-9H2. The first-order valence-corrected chi connectivity index (χ1v) is 6.77. The van der Waals surface area contributed by atoms with Crippen molar-refractivity contribution >= 4 is 15.9 Å². The van der Waals surface area contributed by atoms with E-state index in [1.54, 1.807) is 0 Å². The molecule has 17 heavy (non-hydrogen) atoms. The maximum absolute atomic E-state index is 13.1. The number of rotatable bonds is 4. The lowest BCUT2D eigenvalue weighted by Crippen LogP contribution is -2.29. The van der Waals surface area contributed by atoms with Crippen LogP contribution in [-0.4, -0.2) is 19.7 Å². The molecule has 0 bridgehead atoms. The van der Waals surface area contributed by atoms with Crippen molar-refractivity contribution in [1.29, 1.82) is 0 Å². The fraction of sp³-hybridized carbons (Fsp3) is 0.538. The molecule has 94 valence electrons. The summed E-state index contributed by atoms with van der Waals surface area (Å²) >= 11 is 3.28. The maximum atomic E-state index is 13.1. The zero-order valence-electron chi connectivity index (χ0n) is 9.72. The third kappa shape index (κ3) is 4.37. The van der Waals surface area contributed by atoms with Crippen molar-refractivity contribution < 1.29 is 9.13 Å². The molecule has 0 spiro atoms. The van der Waals surface area contributed by atoms with E-state index in [9.17, 15) is 4.39 Å². The molecule has 0 amide bonds. The average molecular weight is 302 g/mol. The molecular formula is C13H17BrFNO. The first-order valence-electron chi connectivity index (χ1n) is 5.97. The van der Waals surface area contributed by atoms with Crippen LogP contribution in [0.4, 0.5) is 4.39 Å². The van der Waals surface area contributed by atoms with E-state index in [4.69, 9.17) is 4.74 Å². The van der Waals surface area contributed by atoms with Crippen molar-refractivity contribution in [3.05, 3.63) is 34.1 Å². The van der Waals surface area contributed by atoms with Gasteiger partial charge in [-0.1, -0.05) is 15.9 Å². The molecule has 2 nitrogen and oxygen atoms in total. The van der Waals surface area contributed by atoms with Crippen LogP contribution in [0.25, 0.3) is 0 Å². The second kappa shape index (κ2) is 6.47. The molecule has 1 saturated heterocycles. The quantitative estimate of drug-likeness (QED) is 0.923. The summed E-state index contributed by atoms with van der Waals surface area (Å²) in [6.07, 6.45) is 2.35. The van der Waals surface area contributed by atoms with Gasteiger partial charge in [0.1, 0.15) is 5.82 Å². The normalized spacial score (nSPS) is 17.3. The van der Waals surface area contributed by atoms with Gasteiger partial charge in [-0.3, -0.25) is 0 Å². The molecule has 0 aliphatic carbocycles. The molecule has 0 saturated carbocycles. The second-order valence-corrected chi connectivity index (χ2v) is 5.40. The molecule has 1 N–H and O–H groups in total. The van der Waals surface area contributed by atoms with Crippen LogP contribution in [0.3, 0.4) is 0 Å². The van der Waals surface area contributed by atoms with Gasteiger partial charge >= 0.3 is 0 Å². The molecule has 0 atom stereocenters. The highest BCUT2D eigenvalue weighted by molar-refractivity contribution is 9.10. The Hall–Kier alpha value is -0.450. The Balaban J connectivity index is 1.77. The summed E-state index contributed by atoms with van der Waals surface area (Å²) < 4.78 is 19.5. The topological polar surface area (TPSA) is 21.3 Å². The first kappa shape index (κ1) is 13.0. The molecule has 1 aromatic rings. The van der Waals surface area contributed by atoms with Gasteiger partial charge in [-0.15, -0.1) is 0 Å². The van der Waals surface area contributed by atoms with Crippen LogP contribution < -0.4 is 5.32 Å². The number of halogens is 2. The lowest BCUT2D eigenvalue weighted by molar-refractivity contribution is 0.0762. The Morgan fingerprint density at radius 2 is 2.06 bits per heavy atom. The molecule has 1 aliphatic rings. The van der Waals surface area contributed by atoms with Crippen LogP contribution in [0, 0.1) is 11.7 Å². The number of nitrogens with one attached hydrogen (secondary N) is 1. The molecule has 4 heteroatoms. The maximum Gasteiger partial charge on any atom is 0.124 e. The van der Waals surface area contributed by atoms with E-state index in [0.29, 0.717) is 12.5 Å². The summed E-state index contributed by atoms with van der Waals surface area (Å²) in [6.45, 7) is 3.43. The minimum atomic E-state index is -0.222. The highest BCUT2D eigenvalue weighted by Crippen LogP contribution is 2.17. The molecule has 1 heterocycles. The van der Waals surface area contributed by atoms with Crippen LogP contribution in [0.15, 0.2) is 22.7 Å². The van der Waals surface area contributed by atoms with Crippen molar-refractivity contribution in [2.75, 3.05) is 19.7 Å². The number of piperidine rings is 1. The minimum absolute atomic E-state index is 0.222. The molecule has 2 rings (SSSR count). The zero-order chi connectivity index (χ0) is 12.1. The molecule has 1 aromatic carbocycles. The Bertz CT molecular complexity index is 346. The van der Waals surface area contributed by atoms with Crippen molar-refractivity contribution in [3.63, 3.8) is 0 Å². The smallest absolute Gasteiger partial charge is 0.124 e. The van der Waals surface area contributed by atoms with E-state index in [1.807, 2.05) is 6.07 Å². The SMILES string of the molecule is Fc1cc(Br)cc(COCC2CCNCC2)c1. The van der Waals surface area contributed by atoms with Crippen molar-refractivity contribution in [1.82, 2.24) is 5.32 Å². The Morgan fingerprint density at radius 3 is 2.76 bits per heavy atom. The number of hydrogen-bond acceptors (Lipinski definition) is 2. The van der Waals surface area contributed by atoms with E-state index in [2.05, 4.69) is 21.2 Å². The van der Waals surface area contributed by atoms with Crippen molar-refractivity contribution in [2.24, 2.45) is 5.92 Å². The summed E-state index contributed by atoms with van der Waals surface area (Å²) in [6, 6.07) is 4.87. The third-order valence-electron chi connectivity index (χ3n) is 3.00. The zero-order valence-corrected chi connectivity index (χ0v) is 11.3.